The molecule has 6 nitrogen and oxygen atoms in total. The van der Waals surface area contributed by atoms with Gasteiger partial charge in [-0.3, -0.25) is 9.69 Å². The largest absolute Gasteiger partial charge is 0.494 e. The van der Waals surface area contributed by atoms with E-state index < -0.39 is 0 Å². The predicted octanol–water partition coefficient (Wildman–Crippen LogP) is 2.91. The molecule has 2 heterocycles. The Hall–Kier alpha value is -2.47. The van der Waals surface area contributed by atoms with E-state index in [-0.39, 0.29) is 5.91 Å². The molecule has 0 aliphatic carbocycles. The van der Waals surface area contributed by atoms with Gasteiger partial charge < -0.3 is 18.8 Å². The predicted molar refractivity (Wildman–Crippen MR) is 98.8 cm³/mol. The number of amides is 1. The number of benzene rings is 1. The number of carbonyl (C=O) groups is 1. The van der Waals surface area contributed by atoms with E-state index in [0.29, 0.717) is 12.2 Å². The summed E-state index contributed by atoms with van der Waals surface area (Å²) in [5, 5.41) is 0. The number of nitrogens with zero attached hydrogens (tertiary/aromatic N) is 2. The quantitative estimate of drug-likeness (QED) is 0.726. The highest BCUT2D eigenvalue weighted by Gasteiger charge is 2.22. The smallest absolute Gasteiger partial charge is 0.257 e. The van der Waals surface area contributed by atoms with Gasteiger partial charge in [0.25, 0.3) is 5.91 Å². The van der Waals surface area contributed by atoms with E-state index in [2.05, 4.69) is 11.8 Å². The maximum absolute atomic E-state index is 12.3. The topological polar surface area (TPSA) is 55.2 Å². The Bertz CT molecular complexity index is 662. The average Bonchev–Trinajstić information content (AvgIpc) is 3.22. The fourth-order valence-electron chi connectivity index (χ4n) is 2.89. The molecule has 0 atom stereocenters. The first-order chi connectivity index (χ1) is 12.8. The summed E-state index contributed by atoms with van der Waals surface area (Å²) in [5.74, 6) is 1.76. The van der Waals surface area contributed by atoms with Crippen molar-refractivity contribution in [2.75, 3.05) is 45.9 Å². The summed E-state index contributed by atoms with van der Waals surface area (Å²) in [6.07, 6.45) is 4.03. The van der Waals surface area contributed by atoms with Crippen molar-refractivity contribution in [1.29, 1.82) is 0 Å². The minimum Gasteiger partial charge on any atom is -0.494 e. The second kappa shape index (κ2) is 9.29. The number of piperazine rings is 1. The average molecular weight is 358 g/mol. The zero-order valence-electron chi connectivity index (χ0n) is 15.2. The van der Waals surface area contributed by atoms with Crippen LogP contribution in [0.4, 0.5) is 0 Å². The molecule has 1 aliphatic heterocycles. The van der Waals surface area contributed by atoms with Crippen molar-refractivity contribution in [1.82, 2.24) is 9.80 Å². The van der Waals surface area contributed by atoms with E-state index in [9.17, 15) is 4.79 Å². The van der Waals surface area contributed by atoms with Crippen molar-refractivity contribution in [3.63, 3.8) is 0 Å². The summed E-state index contributed by atoms with van der Waals surface area (Å²) in [6.45, 7) is 7.47. The first-order valence-corrected chi connectivity index (χ1v) is 9.16. The summed E-state index contributed by atoms with van der Waals surface area (Å²) in [5.41, 5.74) is 0.619. The fourth-order valence-corrected chi connectivity index (χ4v) is 2.89. The maximum atomic E-state index is 12.3. The Labute approximate surface area is 154 Å². The first-order valence-electron chi connectivity index (χ1n) is 9.16. The van der Waals surface area contributed by atoms with Crippen molar-refractivity contribution in [2.45, 2.75) is 13.3 Å². The summed E-state index contributed by atoms with van der Waals surface area (Å²) in [7, 11) is 0. The second-order valence-corrected chi connectivity index (χ2v) is 6.31. The van der Waals surface area contributed by atoms with Crippen LogP contribution >= 0.6 is 0 Å². The Morgan fingerprint density at radius 1 is 1.00 bits per heavy atom. The molecule has 0 N–H and O–H groups in total. The molecule has 1 amide bonds. The van der Waals surface area contributed by atoms with Gasteiger partial charge in [-0.2, -0.15) is 0 Å². The number of carbonyl (C=O) groups excluding carboxylic acids is 1. The molecule has 1 aromatic heterocycles. The molecule has 140 valence electrons. The van der Waals surface area contributed by atoms with E-state index in [1.807, 2.05) is 29.2 Å². The van der Waals surface area contributed by atoms with E-state index in [0.717, 1.165) is 57.3 Å². The van der Waals surface area contributed by atoms with Crippen molar-refractivity contribution < 1.29 is 18.7 Å². The van der Waals surface area contributed by atoms with Gasteiger partial charge in [0, 0.05) is 32.7 Å². The lowest BCUT2D eigenvalue weighted by molar-refractivity contribution is 0.0619. The molecule has 26 heavy (non-hydrogen) atoms. The number of furan rings is 1. The van der Waals surface area contributed by atoms with Crippen molar-refractivity contribution in [3.05, 3.63) is 48.4 Å². The van der Waals surface area contributed by atoms with E-state index in [1.54, 1.807) is 6.07 Å². The lowest BCUT2D eigenvalue weighted by Gasteiger charge is -2.34. The van der Waals surface area contributed by atoms with Crippen LogP contribution in [0.2, 0.25) is 0 Å². The highest BCUT2D eigenvalue weighted by atomic mass is 16.5. The summed E-state index contributed by atoms with van der Waals surface area (Å²) in [4.78, 5) is 16.5. The molecule has 0 spiro atoms. The summed E-state index contributed by atoms with van der Waals surface area (Å²) < 4.78 is 16.4. The highest BCUT2D eigenvalue weighted by molar-refractivity contribution is 5.93. The molecule has 2 aromatic rings. The lowest BCUT2D eigenvalue weighted by atomic mass is 10.2. The molecule has 0 bridgehead atoms. The van der Waals surface area contributed by atoms with Gasteiger partial charge in [-0.15, -0.1) is 0 Å². The van der Waals surface area contributed by atoms with Crippen LogP contribution in [0.25, 0.3) is 0 Å². The fraction of sp³-hybridized carbons (Fsp3) is 0.450. The SMILES string of the molecule is CCCOc1ccc(OCCN2CCN(C(=O)c3ccoc3)CC2)cc1. The van der Waals surface area contributed by atoms with Gasteiger partial charge in [0.1, 0.15) is 24.4 Å². The highest BCUT2D eigenvalue weighted by Crippen LogP contribution is 2.18. The standard InChI is InChI=1S/C20H26N2O4/c1-2-13-25-18-3-5-19(6-4-18)26-15-12-21-8-10-22(11-9-21)20(23)17-7-14-24-16-17/h3-7,14,16H,2,8-13,15H2,1H3. The van der Waals surface area contributed by atoms with E-state index in [4.69, 9.17) is 13.9 Å². The monoisotopic (exact) mass is 358 g/mol. The molecule has 3 rings (SSSR count). The van der Waals surface area contributed by atoms with Gasteiger partial charge in [0.05, 0.1) is 18.4 Å². The van der Waals surface area contributed by atoms with Crippen molar-refractivity contribution in [3.8, 4) is 11.5 Å². The van der Waals surface area contributed by atoms with E-state index in [1.165, 1.54) is 12.5 Å². The molecule has 0 saturated carbocycles. The van der Waals surface area contributed by atoms with Gasteiger partial charge in [-0.25, -0.2) is 0 Å². The Kier molecular flexibility index (Phi) is 6.55. The first kappa shape index (κ1) is 18.3. The van der Waals surface area contributed by atoms with Gasteiger partial charge in [-0.05, 0) is 36.8 Å². The van der Waals surface area contributed by atoms with Crippen LogP contribution in [0.5, 0.6) is 11.5 Å². The third kappa shape index (κ3) is 5.02. The molecule has 0 unspecified atom stereocenters. The zero-order chi connectivity index (χ0) is 18.2. The van der Waals surface area contributed by atoms with Crippen LogP contribution in [0.1, 0.15) is 23.7 Å². The lowest BCUT2D eigenvalue weighted by Crippen LogP contribution is -2.49. The van der Waals surface area contributed by atoms with Crippen LogP contribution in [-0.4, -0.2) is 61.6 Å². The third-order valence-electron chi connectivity index (χ3n) is 4.40. The molecular weight excluding hydrogens is 332 g/mol. The van der Waals surface area contributed by atoms with Crippen LogP contribution in [0, 0.1) is 0 Å². The molecule has 1 fully saturated rings. The molecule has 1 aliphatic rings. The minimum atomic E-state index is 0.0417. The van der Waals surface area contributed by atoms with Gasteiger partial charge >= 0.3 is 0 Å². The number of hydrogen-bond donors (Lipinski definition) is 0. The van der Waals surface area contributed by atoms with Crippen molar-refractivity contribution >= 4 is 5.91 Å². The minimum absolute atomic E-state index is 0.0417. The number of hydrogen-bond acceptors (Lipinski definition) is 5. The van der Waals surface area contributed by atoms with Crippen LogP contribution in [-0.2, 0) is 0 Å². The van der Waals surface area contributed by atoms with E-state index >= 15 is 0 Å². The third-order valence-corrected chi connectivity index (χ3v) is 4.40. The normalized spacial score (nSPS) is 15.0. The Morgan fingerprint density at radius 3 is 2.23 bits per heavy atom. The van der Waals surface area contributed by atoms with Crippen LogP contribution in [0.15, 0.2) is 47.3 Å². The van der Waals surface area contributed by atoms with Crippen molar-refractivity contribution in [2.24, 2.45) is 0 Å². The summed E-state index contributed by atoms with van der Waals surface area (Å²) in [6, 6.07) is 9.45. The molecular formula is C20H26N2O4. The van der Waals surface area contributed by atoms with Gasteiger partial charge in [-0.1, -0.05) is 6.92 Å². The maximum Gasteiger partial charge on any atom is 0.257 e. The van der Waals surface area contributed by atoms with Gasteiger partial charge in [0.2, 0.25) is 0 Å². The molecule has 1 saturated heterocycles. The van der Waals surface area contributed by atoms with Gasteiger partial charge in [0.15, 0.2) is 0 Å². The second-order valence-electron chi connectivity index (χ2n) is 6.31. The van der Waals surface area contributed by atoms with Crippen LogP contribution < -0.4 is 9.47 Å². The Morgan fingerprint density at radius 2 is 1.65 bits per heavy atom. The van der Waals surface area contributed by atoms with Crippen LogP contribution in [0.3, 0.4) is 0 Å². The molecule has 0 radical (unpaired) electrons. The molecule has 6 heteroatoms. The summed E-state index contributed by atoms with van der Waals surface area (Å²) >= 11 is 0. The zero-order valence-corrected chi connectivity index (χ0v) is 15.2. The number of rotatable bonds is 8. The molecule has 1 aromatic carbocycles. The Balaban J connectivity index is 1.35. The number of ether oxygens (including phenoxy) is 2.